The molecule has 1 amide bonds. The van der Waals surface area contributed by atoms with Crippen LogP contribution in [0.25, 0.3) is 11.0 Å². The fraction of sp³-hybridized carbons (Fsp3) is 0.318. The maximum Gasteiger partial charge on any atom is 0.234 e. The second-order valence-electron chi connectivity index (χ2n) is 7.19. The van der Waals surface area contributed by atoms with Gasteiger partial charge in [-0.1, -0.05) is 41.9 Å². The minimum absolute atomic E-state index is 0.0131. The van der Waals surface area contributed by atoms with Crippen molar-refractivity contribution in [2.45, 2.75) is 13.0 Å². The molecule has 5 nitrogen and oxygen atoms in total. The van der Waals surface area contributed by atoms with Crippen LogP contribution in [0.4, 0.5) is 5.69 Å². The van der Waals surface area contributed by atoms with Crippen molar-refractivity contribution in [2.75, 3.05) is 37.6 Å². The van der Waals surface area contributed by atoms with Crippen LogP contribution >= 0.6 is 11.6 Å². The average molecular weight is 398 g/mol. The third-order valence-corrected chi connectivity index (χ3v) is 5.50. The van der Waals surface area contributed by atoms with Gasteiger partial charge in [0.15, 0.2) is 0 Å². The molecule has 1 atom stereocenters. The molecular weight excluding hydrogens is 374 g/mol. The molecule has 0 spiro atoms. The van der Waals surface area contributed by atoms with Gasteiger partial charge in [-0.15, -0.1) is 0 Å². The van der Waals surface area contributed by atoms with Crippen molar-refractivity contribution in [3.05, 3.63) is 65.4 Å². The fourth-order valence-corrected chi connectivity index (χ4v) is 3.89. The monoisotopic (exact) mass is 397 g/mol. The van der Waals surface area contributed by atoms with Gasteiger partial charge in [-0.05, 0) is 31.2 Å². The molecule has 146 valence electrons. The number of hydrogen-bond acceptors (Lipinski definition) is 4. The van der Waals surface area contributed by atoms with Gasteiger partial charge in [0.2, 0.25) is 5.91 Å². The molecule has 1 fully saturated rings. The second kappa shape index (κ2) is 8.25. The van der Waals surface area contributed by atoms with Crippen LogP contribution in [-0.4, -0.2) is 43.5 Å². The number of halogens is 1. The maximum absolute atomic E-state index is 12.5. The molecule has 0 unspecified atom stereocenters. The van der Waals surface area contributed by atoms with Crippen molar-refractivity contribution in [1.82, 2.24) is 10.2 Å². The summed E-state index contributed by atoms with van der Waals surface area (Å²) in [7, 11) is 0. The van der Waals surface area contributed by atoms with Crippen LogP contribution in [0, 0.1) is 0 Å². The number of hydrogen-bond donors (Lipinski definition) is 1. The second-order valence-corrected chi connectivity index (χ2v) is 7.60. The third-order valence-electron chi connectivity index (χ3n) is 5.18. The lowest BCUT2D eigenvalue weighted by molar-refractivity contribution is -0.123. The molecule has 0 bridgehead atoms. The SMILES string of the molecule is C[C@@H](NC(=O)CN1CCN(c2ccccc2Cl)CC1)c1cc2ccccc2o1. The summed E-state index contributed by atoms with van der Waals surface area (Å²) in [6.07, 6.45) is 0. The topological polar surface area (TPSA) is 48.7 Å². The Balaban J connectivity index is 1.29. The van der Waals surface area contributed by atoms with E-state index in [2.05, 4.69) is 15.1 Å². The summed E-state index contributed by atoms with van der Waals surface area (Å²) >= 11 is 6.29. The Morgan fingerprint density at radius 3 is 2.57 bits per heavy atom. The van der Waals surface area contributed by atoms with E-state index in [-0.39, 0.29) is 11.9 Å². The maximum atomic E-state index is 12.5. The van der Waals surface area contributed by atoms with Gasteiger partial charge in [0.25, 0.3) is 0 Å². The predicted octanol–water partition coefficient (Wildman–Crippen LogP) is 4.09. The van der Waals surface area contributed by atoms with Crippen LogP contribution in [-0.2, 0) is 4.79 Å². The smallest absolute Gasteiger partial charge is 0.234 e. The van der Waals surface area contributed by atoms with Gasteiger partial charge >= 0.3 is 0 Å². The first-order valence-electron chi connectivity index (χ1n) is 9.60. The molecule has 28 heavy (non-hydrogen) atoms. The van der Waals surface area contributed by atoms with Crippen molar-refractivity contribution in [1.29, 1.82) is 0 Å². The van der Waals surface area contributed by atoms with Gasteiger partial charge < -0.3 is 14.6 Å². The van der Waals surface area contributed by atoms with E-state index in [0.717, 1.165) is 53.6 Å². The summed E-state index contributed by atoms with van der Waals surface area (Å²) in [5.74, 6) is 0.789. The highest BCUT2D eigenvalue weighted by Crippen LogP contribution is 2.26. The summed E-state index contributed by atoms with van der Waals surface area (Å²) in [6, 6.07) is 17.6. The van der Waals surface area contributed by atoms with Crippen molar-refractivity contribution >= 4 is 34.2 Å². The van der Waals surface area contributed by atoms with E-state index < -0.39 is 0 Å². The minimum atomic E-state index is -0.163. The number of nitrogens with zero attached hydrogens (tertiary/aromatic N) is 2. The fourth-order valence-electron chi connectivity index (χ4n) is 3.63. The van der Waals surface area contributed by atoms with Gasteiger partial charge in [-0.3, -0.25) is 9.69 Å². The van der Waals surface area contributed by atoms with Gasteiger partial charge in [-0.25, -0.2) is 0 Å². The Kier molecular flexibility index (Phi) is 5.55. The van der Waals surface area contributed by atoms with Crippen LogP contribution in [0.15, 0.2) is 59.0 Å². The van der Waals surface area contributed by atoms with Crippen molar-refractivity contribution in [2.24, 2.45) is 0 Å². The van der Waals surface area contributed by atoms with Crippen molar-refractivity contribution < 1.29 is 9.21 Å². The summed E-state index contributed by atoms with van der Waals surface area (Å²) in [5, 5.41) is 4.87. The number of nitrogens with one attached hydrogen (secondary N) is 1. The Morgan fingerprint density at radius 1 is 1.11 bits per heavy atom. The van der Waals surface area contributed by atoms with E-state index in [4.69, 9.17) is 16.0 Å². The zero-order valence-electron chi connectivity index (χ0n) is 15.9. The number of carbonyl (C=O) groups excluding carboxylic acids is 1. The number of carbonyl (C=O) groups is 1. The molecule has 0 radical (unpaired) electrons. The normalized spacial score (nSPS) is 16.3. The molecule has 1 N–H and O–H groups in total. The molecular formula is C22H24ClN3O2. The molecule has 6 heteroatoms. The lowest BCUT2D eigenvalue weighted by Crippen LogP contribution is -2.49. The number of piperazine rings is 1. The highest BCUT2D eigenvalue weighted by Gasteiger charge is 2.21. The standard InChI is InChI=1S/C22H24ClN3O2/c1-16(21-14-17-6-2-5-9-20(17)28-21)24-22(27)15-25-10-12-26(13-11-25)19-8-4-3-7-18(19)23/h2-9,14,16H,10-13,15H2,1H3,(H,24,27)/t16-/m1/s1. The van der Waals surface area contributed by atoms with E-state index >= 15 is 0 Å². The van der Waals surface area contributed by atoms with E-state index in [9.17, 15) is 4.79 Å². The van der Waals surface area contributed by atoms with E-state index in [1.165, 1.54) is 0 Å². The first kappa shape index (κ1) is 18.8. The summed E-state index contributed by atoms with van der Waals surface area (Å²) < 4.78 is 5.85. The minimum Gasteiger partial charge on any atom is -0.459 e. The number of fused-ring (bicyclic) bond motifs is 1. The number of furan rings is 1. The predicted molar refractivity (Wildman–Crippen MR) is 113 cm³/mol. The molecule has 2 heterocycles. The molecule has 1 aliphatic rings. The van der Waals surface area contributed by atoms with Crippen LogP contribution < -0.4 is 10.2 Å². The summed E-state index contributed by atoms with van der Waals surface area (Å²) in [4.78, 5) is 16.9. The number of amides is 1. The van der Waals surface area contributed by atoms with Crippen LogP contribution in [0.2, 0.25) is 5.02 Å². The first-order chi connectivity index (χ1) is 13.6. The van der Waals surface area contributed by atoms with E-state index in [1.54, 1.807) is 0 Å². The molecule has 1 aromatic heterocycles. The first-order valence-corrected chi connectivity index (χ1v) is 9.97. The lowest BCUT2D eigenvalue weighted by Gasteiger charge is -2.36. The van der Waals surface area contributed by atoms with Crippen LogP contribution in [0.5, 0.6) is 0 Å². The zero-order valence-corrected chi connectivity index (χ0v) is 16.7. The zero-order chi connectivity index (χ0) is 19.5. The number of anilines is 1. The molecule has 3 aromatic rings. The van der Waals surface area contributed by atoms with Crippen molar-refractivity contribution in [3.63, 3.8) is 0 Å². The molecule has 1 saturated heterocycles. The van der Waals surface area contributed by atoms with Crippen molar-refractivity contribution in [3.8, 4) is 0 Å². The highest BCUT2D eigenvalue weighted by atomic mass is 35.5. The Labute approximate surface area is 169 Å². The Hall–Kier alpha value is -2.50. The Bertz CT molecular complexity index is 930. The van der Waals surface area contributed by atoms with Gasteiger partial charge in [0, 0.05) is 31.6 Å². The van der Waals surface area contributed by atoms with Gasteiger partial charge in [-0.2, -0.15) is 0 Å². The average Bonchev–Trinajstić information content (AvgIpc) is 3.13. The van der Waals surface area contributed by atoms with E-state index in [0.29, 0.717) is 6.54 Å². The molecule has 4 rings (SSSR count). The van der Waals surface area contributed by atoms with Gasteiger partial charge in [0.1, 0.15) is 11.3 Å². The number of rotatable bonds is 5. The number of benzene rings is 2. The van der Waals surface area contributed by atoms with E-state index in [1.807, 2.05) is 61.5 Å². The van der Waals surface area contributed by atoms with Gasteiger partial charge in [0.05, 0.1) is 23.3 Å². The number of para-hydroxylation sites is 2. The molecule has 1 aliphatic heterocycles. The molecule has 0 aliphatic carbocycles. The quantitative estimate of drug-likeness (QED) is 0.704. The molecule has 0 saturated carbocycles. The third kappa shape index (κ3) is 4.16. The van der Waals surface area contributed by atoms with Crippen LogP contribution in [0.3, 0.4) is 0 Å². The lowest BCUT2D eigenvalue weighted by atomic mass is 10.2. The Morgan fingerprint density at radius 2 is 1.82 bits per heavy atom. The molecule has 2 aromatic carbocycles. The van der Waals surface area contributed by atoms with Crippen LogP contribution in [0.1, 0.15) is 18.7 Å². The largest absolute Gasteiger partial charge is 0.459 e. The summed E-state index contributed by atoms with van der Waals surface area (Å²) in [5.41, 5.74) is 1.90. The summed E-state index contributed by atoms with van der Waals surface area (Å²) in [6.45, 7) is 5.72. The highest BCUT2D eigenvalue weighted by molar-refractivity contribution is 6.33.